The molecule has 30 heavy (non-hydrogen) atoms. The first-order valence-electron chi connectivity index (χ1n) is 9.43. The third-order valence-corrected chi connectivity index (χ3v) is 8.16. The molecular weight excluding hydrogens is 432 g/mol. The molecule has 0 aliphatic carbocycles. The fourth-order valence-electron chi connectivity index (χ4n) is 3.56. The molecular formula is C21H19F2NO4S2. The summed E-state index contributed by atoms with van der Waals surface area (Å²) in [6.45, 7) is 0.245. The topological polar surface area (TPSA) is 63.7 Å². The van der Waals surface area contributed by atoms with Crippen LogP contribution in [0.5, 0.6) is 0 Å². The van der Waals surface area contributed by atoms with Gasteiger partial charge >= 0.3 is 5.97 Å². The van der Waals surface area contributed by atoms with Gasteiger partial charge in [-0.1, -0.05) is 18.2 Å². The van der Waals surface area contributed by atoms with E-state index in [9.17, 15) is 22.0 Å². The second kappa shape index (κ2) is 8.41. The quantitative estimate of drug-likeness (QED) is 0.542. The Morgan fingerprint density at radius 3 is 2.63 bits per heavy atom. The van der Waals surface area contributed by atoms with Crippen LogP contribution >= 0.6 is 11.3 Å². The molecule has 1 fully saturated rings. The number of benzene rings is 2. The summed E-state index contributed by atoms with van der Waals surface area (Å²) >= 11 is 1.58. The second-order valence-corrected chi connectivity index (χ2v) is 9.94. The van der Waals surface area contributed by atoms with E-state index in [4.69, 9.17) is 4.74 Å². The van der Waals surface area contributed by atoms with Crippen molar-refractivity contribution in [1.29, 1.82) is 0 Å². The number of carbonyl (C=O) groups excluding carboxylic acids is 1. The number of fused-ring (bicyclic) bond motifs is 1. The molecule has 1 aliphatic heterocycles. The number of ether oxygens (including phenoxy) is 1. The predicted molar refractivity (Wildman–Crippen MR) is 109 cm³/mol. The smallest absolute Gasteiger partial charge is 0.309 e. The second-order valence-electron chi connectivity index (χ2n) is 7.12. The maximum atomic E-state index is 13.9. The Labute approximate surface area is 176 Å². The number of hydrogen-bond donors (Lipinski definition) is 0. The van der Waals surface area contributed by atoms with Crippen molar-refractivity contribution in [3.05, 3.63) is 65.0 Å². The zero-order chi connectivity index (χ0) is 21.3. The van der Waals surface area contributed by atoms with Crippen LogP contribution in [0.4, 0.5) is 8.78 Å². The van der Waals surface area contributed by atoms with Gasteiger partial charge in [-0.05, 0) is 47.9 Å². The van der Waals surface area contributed by atoms with Crippen molar-refractivity contribution < 1.29 is 26.7 Å². The molecule has 158 valence electrons. The van der Waals surface area contributed by atoms with Crippen LogP contribution < -0.4 is 0 Å². The first-order chi connectivity index (χ1) is 14.4. The van der Waals surface area contributed by atoms with Crippen LogP contribution in [0.3, 0.4) is 0 Å². The molecule has 5 nitrogen and oxygen atoms in total. The number of rotatable bonds is 5. The molecule has 0 bridgehead atoms. The van der Waals surface area contributed by atoms with Crippen LogP contribution in [0.25, 0.3) is 10.1 Å². The molecule has 1 saturated heterocycles. The number of piperidine rings is 1. The highest BCUT2D eigenvalue weighted by Gasteiger charge is 2.34. The van der Waals surface area contributed by atoms with Gasteiger partial charge in [-0.15, -0.1) is 11.3 Å². The fraction of sp³-hybridized carbons (Fsp3) is 0.286. The summed E-state index contributed by atoms with van der Waals surface area (Å²) in [7, 11) is -4.17. The maximum absolute atomic E-state index is 13.9. The molecule has 0 radical (unpaired) electrons. The van der Waals surface area contributed by atoms with E-state index in [1.807, 2.05) is 29.6 Å². The molecule has 4 rings (SSSR count). The Hall–Kier alpha value is -2.36. The van der Waals surface area contributed by atoms with Gasteiger partial charge in [-0.3, -0.25) is 4.79 Å². The molecule has 0 saturated carbocycles. The van der Waals surface area contributed by atoms with Gasteiger partial charge in [-0.25, -0.2) is 17.2 Å². The maximum Gasteiger partial charge on any atom is 0.309 e. The SMILES string of the molecule is O=C(OCc1csc2ccccc12)C1CCN(S(=O)(=O)c2cc(F)ccc2F)CC1. The van der Waals surface area contributed by atoms with Crippen LogP contribution in [0.2, 0.25) is 0 Å². The molecule has 3 aromatic rings. The number of halogens is 2. The molecule has 0 spiro atoms. The van der Waals surface area contributed by atoms with Crippen LogP contribution in [0.1, 0.15) is 18.4 Å². The average Bonchev–Trinajstić information content (AvgIpc) is 3.17. The van der Waals surface area contributed by atoms with Gasteiger partial charge in [0, 0.05) is 23.4 Å². The van der Waals surface area contributed by atoms with E-state index in [1.165, 1.54) is 0 Å². The highest BCUT2D eigenvalue weighted by molar-refractivity contribution is 7.89. The zero-order valence-corrected chi connectivity index (χ0v) is 17.5. The third kappa shape index (κ3) is 4.10. The molecule has 2 heterocycles. The van der Waals surface area contributed by atoms with E-state index >= 15 is 0 Å². The minimum Gasteiger partial charge on any atom is -0.461 e. The van der Waals surface area contributed by atoms with Crippen LogP contribution in [0.15, 0.2) is 52.7 Å². The summed E-state index contributed by atoms with van der Waals surface area (Å²) in [4.78, 5) is 11.8. The summed E-state index contributed by atoms with van der Waals surface area (Å²) in [5, 5.41) is 3.01. The standard InChI is InChI=1S/C21H19F2NO4S2/c22-16-5-6-18(23)20(11-16)30(26,27)24-9-7-14(8-10-24)21(25)28-12-15-13-29-19-4-2-1-3-17(15)19/h1-6,11,13-14H,7-10,12H2. The molecule has 0 N–H and O–H groups in total. The number of thiophene rings is 1. The van der Waals surface area contributed by atoms with Gasteiger partial charge < -0.3 is 4.74 Å². The first kappa shape index (κ1) is 20.9. The van der Waals surface area contributed by atoms with E-state index in [-0.39, 0.29) is 38.5 Å². The predicted octanol–water partition coefficient (Wildman–Crippen LogP) is 4.32. The summed E-state index contributed by atoms with van der Waals surface area (Å²) < 4.78 is 60.3. The molecule has 0 unspecified atom stereocenters. The zero-order valence-electron chi connectivity index (χ0n) is 15.9. The summed E-state index contributed by atoms with van der Waals surface area (Å²) in [5.74, 6) is -2.63. The van der Waals surface area contributed by atoms with Gasteiger partial charge in [0.1, 0.15) is 23.1 Å². The highest BCUT2D eigenvalue weighted by Crippen LogP contribution is 2.29. The van der Waals surface area contributed by atoms with Gasteiger partial charge in [0.25, 0.3) is 0 Å². The van der Waals surface area contributed by atoms with Gasteiger partial charge in [0.2, 0.25) is 10.0 Å². The molecule has 2 aromatic carbocycles. The summed E-state index contributed by atoms with van der Waals surface area (Å²) in [6, 6.07) is 10.2. The van der Waals surface area contributed by atoms with Crippen LogP contribution in [0, 0.1) is 17.6 Å². The monoisotopic (exact) mass is 451 g/mol. The van der Waals surface area contributed by atoms with E-state index < -0.39 is 32.5 Å². The number of carbonyl (C=O) groups is 1. The lowest BCUT2D eigenvalue weighted by Gasteiger charge is -2.30. The van der Waals surface area contributed by atoms with E-state index in [2.05, 4.69) is 0 Å². The molecule has 1 aromatic heterocycles. The lowest BCUT2D eigenvalue weighted by atomic mass is 9.98. The third-order valence-electron chi connectivity index (χ3n) is 5.23. The minimum atomic E-state index is -4.17. The Bertz CT molecular complexity index is 1180. The number of nitrogens with zero attached hydrogens (tertiary/aromatic N) is 1. The van der Waals surface area contributed by atoms with Crippen molar-refractivity contribution in [1.82, 2.24) is 4.31 Å². The molecule has 0 amide bonds. The normalized spacial score (nSPS) is 16.1. The van der Waals surface area contributed by atoms with E-state index in [0.29, 0.717) is 6.07 Å². The average molecular weight is 452 g/mol. The van der Waals surface area contributed by atoms with Crippen LogP contribution in [-0.2, 0) is 26.2 Å². The minimum absolute atomic E-state index is 0.0411. The number of esters is 1. The van der Waals surface area contributed by atoms with Crippen molar-refractivity contribution in [2.24, 2.45) is 5.92 Å². The lowest BCUT2D eigenvalue weighted by Crippen LogP contribution is -2.40. The van der Waals surface area contributed by atoms with E-state index in [0.717, 1.165) is 32.1 Å². The Balaban J connectivity index is 1.37. The molecule has 0 atom stereocenters. The molecule has 9 heteroatoms. The summed E-state index contributed by atoms with van der Waals surface area (Å²) in [6.07, 6.45) is 0.527. The van der Waals surface area contributed by atoms with E-state index in [1.54, 1.807) is 11.3 Å². The van der Waals surface area contributed by atoms with Crippen molar-refractivity contribution in [3.8, 4) is 0 Å². The molecule has 1 aliphatic rings. The Morgan fingerprint density at radius 1 is 1.13 bits per heavy atom. The lowest BCUT2D eigenvalue weighted by molar-refractivity contribution is -0.151. The van der Waals surface area contributed by atoms with Crippen LogP contribution in [-0.4, -0.2) is 31.8 Å². The fourth-order valence-corrected chi connectivity index (χ4v) is 6.05. The van der Waals surface area contributed by atoms with Gasteiger partial charge in [0.05, 0.1) is 5.92 Å². The van der Waals surface area contributed by atoms with Crippen molar-refractivity contribution in [2.45, 2.75) is 24.3 Å². The van der Waals surface area contributed by atoms with Crippen molar-refractivity contribution in [2.75, 3.05) is 13.1 Å². The van der Waals surface area contributed by atoms with Gasteiger partial charge in [0.15, 0.2) is 0 Å². The highest BCUT2D eigenvalue weighted by atomic mass is 32.2. The summed E-state index contributed by atoms with van der Waals surface area (Å²) in [5.41, 5.74) is 0.936. The number of sulfonamides is 1. The first-order valence-corrected chi connectivity index (χ1v) is 11.7. The Morgan fingerprint density at radius 2 is 1.87 bits per heavy atom. The Kier molecular flexibility index (Phi) is 5.86. The van der Waals surface area contributed by atoms with Crippen molar-refractivity contribution >= 4 is 37.4 Å². The number of hydrogen-bond acceptors (Lipinski definition) is 5. The largest absolute Gasteiger partial charge is 0.461 e. The van der Waals surface area contributed by atoms with Crippen molar-refractivity contribution in [3.63, 3.8) is 0 Å². The van der Waals surface area contributed by atoms with Gasteiger partial charge in [-0.2, -0.15) is 4.31 Å².